The highest BCUT2D eigenvalue weighted by molar-refractivity contribution is 6.31. The van der Waals surface area contributed by atoms with Gasteiger partial charge in [-0.2, -0.15) is 0 Å². The fraction of sp³-hybridized carbons (Fsp3) is 0.364. The first-order chi connectivity index (χ1) is 7.74. The molecule has 3 rings (SSSR count). The molecule has 0 radical (unpaired) electrons. The quantitative estimate of drug-likeness (QED) is 0.798. The van der Waals surface area contributed by atoms with E-state index in [2.05, 4.69) is 9.97 Å². The second-order valence-electron chi connectivity index (χ2n) is 4.16. The molecule has 0 amide bonds. The Morgan fingerprint density at radius 1 is 1.38 bits per heavy atom. The van der Waals surface area contributed by atoms with Crippen LogP contribution < -0.4 is 5.69 Å². The molecule has 0 atom stereocenters. The molecule has 2 heterocycles. The lowest BCUT2D eigenvalue weighted by Crippen LogP contribution is -2.24. The minimum Gasteiger partial charge on any atom is -0.276 e. The number of halogens is 1. The molecule has 1 fully saturated rings. The van der Waals surface area contributed by atoms with Crippen LogP contribution in [-0.2, 0) is 6.54 Å². The number of nitrogens with zero attached hydrogens (tertiary/aromatic N) is 3. The number of hydrogen-bond acceptors (Lipinski definition) is 3. The first-order valence-corrected chi connectivity index (χ1v) is 5.63. The third-order valence-corrected chi connectivity index (χ3v) is 3.01. The molecule has 0 saturated heterocycles. The van der Waals surface area contributed by atoms with E-state index >= 15 is 0 Å². The van der Waals surface area contributed by atoms with Gasteiger partial charge in [0.25, 0.3) is 0 Å². The summed E-state index contributed by atoms with van der Waals surface area (Å²) >= 11 is 5.85. The van der Waals surface area contributed by atoms with Crippen molar-refractivity contribution in [1.29, 1.82) is 0 Å². The lowest BCUT2D eigenvalue weighted by Gasteiger charge is -2.07. The standard InChI is InChI=1S/C11H10ClN3O/c12-9-3-8-4-14-11(16)15(6-7-1-2-7)10(8)13-5-9/h3-5,7H,1-2,6H2. The molecule has 0 bridgehead atoms. The summed E-state index contributed by atoms with van der Waals surface area (Å²) < 4.78 is 1.64. The van der Waals surface area contributed by atoms with Crippen LogP contribution >= 0.6 is 11.6 Å². The van der Waals surface area contributed by atoms with Crippen LogP contribution in [0, 0.1) is 5.92 Å². The van der Waals surface area contributed by atoms with Gasteiger partial charge in [0, 0.05) is 24.3 Å². The fourth-order valence-corrected chi connectivity index (χ4v) is 1.94. The molecule has 1 saturated carbocycles. The second kappa shape index (κ2) is 3.56. The van der Waals surface area contributed by atoms with E-state index in [0.29, 0.717) is 16.6 Å². The van der Waals surface area contributed by atoms with Crippen molar-refractivity contribution in [3.05, 3.63) is 34.0 Å². The topological polar surface area (TPSA) is 47.8 Å². The third-order valence-electron chi connectivity index (χ3n) is 2.80. The Balaban J connectivity index is 2.22. The van der Waals surface area contributed by atoms with Crippen LogP contribution in [0.5, 0.6) is 0 Å². The van der Waals surface area contributed by atoms with Gasteiger partial charge in [0.15, 0.2) is 0 Å². The van der Waals surface area contributed by atoms with E-state index in [0.717, 1.165) is 11.9 Å². The highest BCUT2D eigenvalue weighted by Crippen LogP contribution is 2.30. The minimum absolute atomic E-state index is 0.228. The highest BCUT2D eigenvalue weighted by Gasteiger charge is 2.23. The van der Waals surface area contributed by atoms with Gasteiger partial charge < -0.3 is 0 Å². The Hall–Kier alpha value is -1.42. The molecule has 5 heteroatoms. The monoisotopic (exact) mass is 235 g/mol. The smallest absolute Gasteiger partial charge is 0.276 e. The summed E-state index contributed by atoms with van der Waals surface area (Å²) in [4.78, 5) is 19.7. The molecule has 16 heavy (non-hydrogen) atoms. The van der Waals surface area contributed by atoms with Gasteiger partial charge in [-0.3, -0.25) is 4.57 Å². The number of rotatable bonds is 2. The van der Waals surface area contributed by atoms with Crippen molar-refractivity contribution < 1.29 is 0 Å². The Labute approximate surface area is 96.9 Å². The van der Waals surface area contributed by atoms with E-state index in [9.17, 15) is 4.79 Å². The van der Waals surface area contributed by atoms with E-state index < -0.39 is 0 Å². The molecule has 4 nitrogen and oxygen atoms in total. The highest BCUT2D eigenvalue weighted by atomic mass is 35.5. The maximum absolute atomic E-state index is 11.7. The van der Waals surface area contributed by atoms with Crippen molar-refractivity contribution >= 4 is 22.6 Å². The first kappa shape index (κ1) is 9.78. The summed E-state index contributed by atoms with van der Waals surface area (Å²) in [6.45, 7) is 0.720. The van der Waals surface area contributed by atoms with Gasteiger partial charge in [-0.1, -0.05) is 11.6 Å². The predicted octanol–water partition coefficient (Wildman–Crippen LogP) is 1.85. The lowest BCUT2D eigenvalue weighted by atomic mass is 10.3. The molecule has 0 aliphatic heterocycles. The second-order valence-corrected chi connectivity index (χ2v) is 4.60. The molecular formula is C11H10ClN3O. The predicted molar refractivity (Wildman–Crippen MR) is 61.5 cm³/mol. The van der Waals surface area contributed by atoms with Crippen molar-refractivity contribution in [2.45, 2.75) is 19.4 Å². The molecule has 0 unspecified atom stereocenters. The molecule has 82 valence electrons. The fourth-order valence-electron chi connectivity index (χ4n) is 1.78. The van der Waals surface area contributed by atoms with E-state index in [-0.39, 0.29) is 5.69 Å². The van der Waals surface area contributed by atoms with Crippen LogP contribution in [0.3, 0.4) is 0 Å². The number of aromatic nitrogens is 3. The number of hydrogen-bond donors (Lipinski definition) is 0. The van der Waals surface area contributed by atoms with Gasteiger partial charge >= 0.3 is 5.69 Å². The van der Waals surface area contributed by atoms with Crippen LogP contribution in [0.2, 0.25) is 5.02 Å². The van der Waals surface area contributed by atoms with Crippen LogP contribution in [0.15, 0.2) is 23.3 Å². The van der Waals surface area contributed by atoms with Crippen LogP contribution in [0.1, 0.15) is 12.8 Å². The van der Waals surface area contributed by atoms with Crippen molar-refractivity contribution in [1.82, 2.24) is 14.5 Å². The maximum Gasteiger partial charge on any atom is 0.349 e. The molecular weight excluding hydrogens is 226 g/mol. The molecule has 1 aliphatic carbocycles. The summed E-state index contributed by atoms with van der Waals surface area (Å²) in [5, 5.41) is 1.37. The zero-order chi connectivity index (χ0) is 11.1. The molecule has 1 aliphatic rings. The van der Waals surface area contributed by atoms with E-state index in [1.807, 2.05) is 0 Å². The van der Waals surface area contributed by atoms with Gasteiger partial charge in [0.2, 0.25) is 0 Å². The van der Waals surface area contributed by atoms with Crippen LogP contribution in [0.4, 0.5) is 0 Å². The summed E-state index contributed by atoms with van der Waals surface area (Å²) in [5.41, 5.74) is 0.450. The molecule has 0 aromatic carbocycles. The average molecular weight is 236 g/mol. The summed E-state index contributed by atoms with van der Waals surface area (Å²) in [6, 6.07) is 1.78. The van der Waals surface area contributed by atoms with Crippen molar-refractivity contribution in [2.24, 2.45) is 5.92 Å². The van der Waals surface area contributed by atoms with Crippen molar-refractivity contribution in [2.75, 3.05) is 0 Å². The van der Waals surface area contributed by atoms with Crippen molar-refractivity contribution in [3.63, 3.8) is 0 Å². The van der Waals surface area contributed by atoms with Crippen molar-refractivity contribution in [3.8, 4) is 0 Å². The lowest BCUT2D eigenvalue weighted by molar-refractivity contribution is 0.608. The zero-order valence-electron chi connectivity index (χ0n) is 8.56. The minimum atomic E-state index is -0.228. The third kappa shape index (κ3) is 1.69. The zero-order valence-corrected chi connectivity index (χ0v) is 9.31. The number of pyridine rings is 1. The first-order valence-electron chi connectivity index (χ1n) is 5.25. The van der Waals surface area contributed by atoms with Gasteiger partial charge in [-0.15, -0.1) is 0 Å². The van der Waals surface area contributed by atoms with E-state index in [4.69, 9.17) is 11.6 Å². The maximum atomic E-state index is 11.7. The van der Waals surface area contributed by atoms with E-state index in [1.54, 1.807) is 16.8 Å². The molecule has 2 aromatic heterocycles. The Morgan fingerprint density at radius 2 is 2.19 bits per heavy atom. The van der Waals surface area contributed by atoms with Gasteiger partial charge in [-0.25, -0.2) is 14.8 Å². The number of fused-ring (bicyclic) bond motifs is 1. The van der Waals surface area contributed by atoms with Gasteiger partial charge in [-0.05, 0) is 24.8 Å². The average Bonchev–Trinajstić information content (AvgIpc) is 3.06. The molecule has 2 aromatic rings. The largest absolute Gasteiger partial charge is 0.349 e. The Morgan fingerprint density at radius 3 is 2.94 bits per heavy atom. The summed E-state index contributed by atoms with van der Waals surface area (Å²) in [7, 11) is 0. The molecule has 0 N–H and O–H groups in total. The Kier molecular flexibility index (Phi) is 2.17. The van der Waals surface area contributed by atoms with Gasteiger partial charge in [0.1, 0.15) is 5.65 Å². The van der Waals surface area contributed by atoms with Crippen LogP contribution in [0.25, 0.3) is 11.0 Å². The normalized spacial score (nSPS) is 15.6. The SMILES string of the molecule is O=c1ncc2cc(Cl)cnc2n1CC1CC1. The molecule has 0 spiro atoms. The summed E-state index contributed by atoms with van der Waals surface area (Å²) in [5.74, 6) is 0.613. The summed E-state index contributed by atoms with van der Waals surface area (Å²) in [6.07, 6.45) is 5.47. The Bertz CT molecular complexity index is 604. The van der Waals surface area contributed by atoms with Gasteiger partial charge in [0.05, 0.1) is 5.02 Å². The van der Waals surface area contributed by atoms with Crippen LogP contribution in [-0.4, -0.2) is 14.5 Å². The van der Waals surface area contributed by atoms with E-state index in [1.165, 1.54) is 19.0 Å².